The van der Waals surface area contributed by atoms with E-state index in [-0.39, 0.29) is 11.4 Å². The van der Waals surface area contributed by atoms with Crippen LogP contribution in [0.3, 0.4) is 0 Å². The van der Waals surface area contributed by atoms with Gasteiger partial charge in [0, 0.05) is 22.9 Å². The van der Waals surface area contributed by atoms with E-state index in [0.29, 0.717) is 21.9 Å². The smallest absolute Gasteiger partial charge is 0.273 e. The summed E-state index contributed by atoms with van der Waals surface area (Å²) >= 11 is 0. The van der Waals surface area contributed by atoms with Crippen LogP contribution in [0.1, 0.15) is 0 Å². The van der Waals surface area contributed by atoms with E-state index in [9.17, 15) is 20.2 Å². The van der Waals surface area contributed by atoms with Crippen LogP contribution in [-0.4, -0.2) is 9.85 Å². The van der Waals surface area contributed by atoms with Gasteiger partial charge in [-0.05, 0) is 12.1 Å². The highest BCUT2D eigenvalue weighted by Gasteiger charge is 2.14. The van der Waals surface area contributed by atoms with Gasteiger partial charge in [0.15, 0.2) is 0 Å². The summed E-state index contributed by atoms with van der Waals surface area (Å²) in [6.45, 7) is 0. The minimum Gasteiger partial charge on any atom is -0.456 e. The van der Waals surface area contributed by atoms with Crippen LogP contribution in [0.15, 0.2) is 40.8 Å². The molecule has 0 amide bonds. The predicted molar refractivity (Wildman–Crippen MR) is 67.0 cm³/mol. The van der Waals surface area contributed by atoms with Gasteiger partial charge >= 0.3 is 0 Å². The Labute approximate surface area is 105 Å². The second-order valence-electron chi connectivity index (χ2n) is 3.98. The largest absolute Gasteiger partial charge is 0.456 e. The number of nitro benzene ring substituents is 2. The van der Waals surface area contributed by atoms with Crippen LogP contribution in [0, 0.1) is 20.2 Å². The number of fused-ring (bicyclic) bond motifs is 3. The Bertz CT molecular complexity index is 768. The van der Waals surface area contributed by atoms with Crippen molar-refractivity contribution >= 4 is 33.3 Å². The van der Waals surface area contributed by atoms with Crippen molar-refractivity contribution in [2.24, 2.45) is 0 Å². The molecule has 19 heavy (non-hydrogen) atoms. The van der Waals surface area contributed by atoms with Crippen molar-refractivity contribution in [3.05, 3.63) is 56.6 Å². The van der Waals surface area contributed by atoms with Crippen LogP contribution < -0.4 is 0 Å². The first-order valence-corrected chi connectivity index (χ1v) is 5.31. The quantitative estimate of drug-likeness (QED) is 0.518. The number of rotatable bonds is 2. The molecular formula is C12H6N2O5. The predicted octanol–water partition coefficient (Wildman–Crippen LogP) is 3.40. The highest BCUT2D eigenvalue weighted by atomic mass is 16.6. The molecule has 3 rings (SSSR count). The van der Waals surface area contributed by atoms with Crippen LogP contribution in [0.4, 0.5) is 11.4 Å². The molecule has 0 fully saturated rings. The summed E-state index contributed by atoms with van der Waals surface area (Å²) in [6.07, 6.45) is 0. The zero-order valence-corrected chi connectivity index (χ0v) is 9.40. The molecule has 0 saturated carbocycles. The third-order valence-corrected chi connectivity index (χ3v) is 2.86. The van der Waals surface area contributed by atoms with Gasteiger partial charge in [0.1, 0.15) is 11.2 Å². The van der Waals surface area contributed by atoms with Gasteiger partial charge in [0.2, 0.25) is 0 Å². The van der Waals surface area contributed by atoms with Crippen molar-refractivity contribution in [1.82, 2.24) is 0 Å². The van der Waals surface area contributed by atoms with Crippen molar-refractivity contribution in [2.45, 2.75) is 0 Å². The van der Waals surface area contributed by atoms with Crippen molar-refractivity contribution in [3.8, 4) is 0 Å². The lowest BCUT2D eigenvalue weighted by atomic mass is 10.1. The molecule has 0 saturated heterocycles. The number of benzene rings is 2. The van der Waals surface area contributed by atoms with Gasteiger partial charge < -0.3 is 4.42 Å². The lowest BCUT2D eigenvalue weighted by Crippen LogP contribution is -1.86. The second kappa shape index (κ2) is 3.77. The maximum absolute atomic E-state index is 10.7. The van der Waals surface area contributed by atoms with E-state index in [1.54, 1.807) is 12.1 Å². The Kier molecular flexibility index (Phi) is 2.21. The third-order valence-electron chi connectivity index (χ3n) is 2.86. The molecule has 0 atom stereocenters. The molecule has 0 N–H and O–H groups in total. The standard InChI is InChI=1S/C12H6N2O5/c15-13(16)7-1-3-9-10-4-2-8(14(17)18)6-12(10)19-11(9)5-7/h1-6H. The molecule has 7 heteroatoms. The molecule has 0 aliphatic rings. The Balaban J connectivity index is 2.31. The van der Waals surface area contributed by atoms with Crippen molar-refractivity contribution in [3.63, 3.8) is 0 Å². The van der Waals surface area contributed by atoms with Crippen LogP contribution in [0.2, 0.25) is 0 Å². The number of furan rings is 1. The van der Waals surface area contributed by atoms with Crippen molar-refractivity contribution in [1.29, 1.82) is 0 Å². The Hall–Kier alpha value is -2.96. The molecule has 0 aliphatic carbocycles. The van der Waals surface area contributed by atoms with Crippen LogP contribution in [0.5, 0.6) is 0 Å². The van der Waals surface area contributed by atoms with E-state index in [1.165, 1.54) is 24.3 Å². The van der Waals surface area contributed by atoms with Gasteiger partial charge in [0.25, 0.3) is 11.4 Å². The normalized spacial score (nSPS) is 10.9. The molecule has 0 bridgehead atoms. The Morgan fingerprint density at radius 1 is 0.789 bits per heavy atom. The highest BCUT2D eigenvalue weighted by Crippen LogP contribution is 2.32. The summed E-state index contributed by atoms with van der Waals surface area (Å²) in [4.78, 5) is 20.3. The minimum absolute atomic E-state index is 0.0824. The fourth-order valence-electron chi connectivity index (χ4n) is 1.98. The van der Waals surface area contributed by atoms with Crippen LogP contribution in [-0.2, 0) is 0 Å². The fraction of sp³-hybridized carbons (Fsp3) is 0. The molecule has 0 radical (unpaired) electrons. The van der Waals surface area contributed by atoms with Gasteiger partial charge in [-0.3, -0.25) is 20.2 Å². The Morgan fingerprint density at radius 3 is 1.58 bits per heavy atom. The summed E-state index contributed by atoms with van der Waals surface area (Å²) in [6, 6.07) is 8.51. The van der Waals surface area contributed by atoms with Gasteiger partial charge in [-0.2, -0.15) is 0 Å². The zero-order valence-electron chi connectivity index (χ0n) is 9.40. The number of hydrogen-bond acceptors (Lipinski definition) is 5. The van der Waals surface area contributed by atoms with Gasteiger partial charge in [-0.25, -0.2) is 0 Å². The van der Waals surface area contributed by atoms with E-state index in [1.807, 2.05) is 0 Å². The average molecular weight is 258 g/mol. The van der Waals surface area contributed by atoms with Crippen LogP contribution in [0.25, 0.3) is 21.9 Å². The summed E-state index contributed by atoms with van der Waals surface area (Å²) < 4.78 is 5.43. The van der Waals surface area contributed by atoms with Crippen LogP contribution >= 0.6 is 0 Å². The molecule has 3 aromatic rings. The fourth-order valence-corrected chi connectivity index (χ4v) is 1.98. The molecule has 2 aromatic carbocycles. The van der Waals surface area contributed by atoms with E-state index < -0.39 is 9.85 Å². The van der Waals surface area contributed by atoms with E-state index in [0.717, 1.165) is 0 Å². The lowest BCUT2D eigenvalue weighted by molar-refractivity contribution is -0.384. The topological polar surface area (TPSA) is 99.4 Å². The monoisotopic (exact) mass is 258 g/mol. The second-order valence-corrected chi connectivity index (χ2v) is 3.98. The maximum Gasteiger partial charge on any atom is 0.273 e. The lowest BCUT2D eigenvalue weighted by Gasteiger charge is -1.91. The number of hydrogen-bond donors (Lipinski definition) is 0. The number of non-ortho nitro benzene ring substituents is 2. The van der Waals surface area contributed by atoms with E-state index >= 15 is 0 Å². The van der Waals surface area contributed by atoms with E-state index in [4.69, 9.17) is 4.42 Å². The van der Waals surface area contributed by atoms with Crippen molar-refractivity contribution < 1.29 is 14.3 Å². The van der Waals surface area contributed by atoms with Crippen molar-refractivity contribution in [2.75, 3.05) is 0 Å². The first kappa shape index (κ1) is 11.1. The summed E-state index contributed by atoms with van der Waals surface area (Å²) in [7, 11) is 0. The maximum atomic E-state index is 10.7. The minimum atomic E-state index is -0.519. The molecule has 0 unspecified atom stereocenters. The summed E-state index contributed by atoms with van der Waals surface area (Å²) in [5, 5.41) is 22.7. The molecule has 94 valence electrons. The zero-order chi connectivity index (χ0) is 13.6. The highest BCUT2D eigenvalue weighted by molar-refractivity contribution is 6.05. The first-order chi connectivity index (χ1) is 9.06. The summed E-state index contributed by atoms with van der Waals surface area (Å²) in [5.74, 6) is 0. The number of nitro groups is 2. The van der Waals surface area contributed by atoms with E-state index in [2.05, 4.69) is 0 Å². The van der Waals surface area contributed by atoms with Gasteiger partial charge in [0.05, 0.1) is 22.0 Å². The summed E-state index contributed by atoms with van der Waals surface area (Å²) in [5.41, 5.74) is 0.511. The Morgan fingerprint density at radius 2 is 1.21 bits per heavy atom. The van der Waals surface area contributed by atoms with Gasteiger partial charge in [-0.1, -0.05) is 0 Å². The SMILES string of the molecule is O=[N+]([O-])c1ccc2c(c1)oc1cc([N+](=O)[O-])ccc12. The molecule has 0 aliphatic heterocycles. The first-order valence-electron chi connectivity index (χ1n) is 5.31. The third kappa shape index (κ3) is 1.68. The van der Waals surface area contributed by atoms with Gasteiger partial charge in [-0.15, -0.1) is 0 Å². The molecular weight excluding hydrogens is 252 g/mol. The molecule has 0 spiro atoms. The molecule has 1 heterocycles. The average Bonchev–Trinajstić information content (AvgIpc) is 2.74. The molecule has 7 nitrogen and oxygen atoms in total. The molecule has 1 aromatic heterocycles. The number of nitrogens with zero attached hydrogens (tertiary/aromatic N) is 2.